The zero-order chi connectivity index (χ0) is 21.6. The van der Waals surface area contributed by atoms with Crippen molar-refractivity contribution in [3.8, 4) is 0 Å². The predicted molar refractivity (Wildman–Crippen MR) is 126 cm³/mol. The van der Waals surface area contributed by atoms with Crippen LogP contribution < -0.4 is 26.6 Å². The van der Waals surface area contributed by atoms with Crippen molar-refractivity contribution in [1.29, 1.82) is 0 Å². The van der Waals surface area contributed by atoms with Crippen LogP contribution in [-0.4, -0.2) is 68.6 Å². The molecule has 5 N–H and O–H groups in total. The Morgan fingerprint density at radius 3 is 2.71 bits per heavy atom. The quantitative estimate of drug-likeness (QED) is 0.393. The summed E-state index contributed by atoms with van der Waals surface area (Å²) in [6, 6.07) is 0.942. The Bertz CT molecular complexity index is 623. The first-order valence-corrected chi connectivity index (χ1v) is 12.9. The SMILES string of the molecule is CC1CC(C2CC(CNC3=NCCN3)CC(C(=O)NCC3CCC(Cl)CN3)C2)CCN1. The maximum atomic E-state index is 13.2. The van der Waals surface area contributed by atoms with E-state index in [2.05, 4.69) is 38.5 Å². The van der Waals surface area contributed by atoms with E-state index in [4.69, 9.17) is 11.6 Å². The number of carbonyl (C=O) groups excluding carboxylic acids is 1. The summed E-state index contributed by atoms with van der Waals surface area (Å²) in [4.78, 5) is 17.6. The van der Waals surface area contributed by atoms with Crippen LogP contribution in [0.25, 0.3) is 0 Å². The highest BCUT2D eigenvalue weighted by Gasteiger charge is 2.37. The van der Waals surface area contributed by atoms with Crippen molar-refractivity contribution < 1.29 is 4.79 Å². The van der Waals surface area contributed by atoms with Crippen LogP contribution in [0.5, 0.6) is 0 Å². The van der Waals surface area contributed by atoms with E-state index in [0.717, 1.165) is 76.8 Å². The second-order valence-electron chi connectivity index (χ2n) is 10.2. The third-order valence-electron chi connectivity index (χ3n) is 7.75. The molecule has 3 fully saturated rings. The molecule has 0 radical (unpaired) electrons. The topological polar surface area (TPSA) is 89.6 Å². The van der Waals surface area contributed by atoms with Gasteiger partial charge in [0.2, 0.25) is 5.91 Å². The summed E-state index contributed by atoms with van der Waals surface area (Å²) in [5, 5.41) is 17.4. The van der Waals surface area contributed by atoms with Crippen LogP contribution in [0.15, 0.2) is 4.99 Å². The van der Waals surface area contributed by atoms with Crippen LogP contribution in [0, 0.1) is 23.7 Å². The number of rotatable bonds is 6. The van der Waals surface area contributed by atoms with Gasteiger partial charge in [-0.15, -0.1) is 11.6 Å². The van der Waals surface area contributed by atoms with Crippen molar-refractivity contribution in [3.63, 3.8) is 0 Å². The Morgan fingerprint density at radius 1 is 1.06 bits per heavy atom. The van der Waals surface area contributed by atoms with Crippen molar-refractivity contribution in [2.75, 3.05) is 39.3 Å². The van der Waals surface area contributed by atoms with Crippen LogP contribution in [0.1, 0.15) is 51.9 Å². The highest BCUT2D eigenvalue weighted by Crippen LogP contribution is 2.41. The monoisotopic (exact) mass is 452 g/mol. The molecule has 0 spiro atoms. The first-order chi connectivity index (χ1) is 15.1. The fraction of sp³-hybridized carbons (Fsp3) is 0.913. The Kier molecular flexibility index (Phi) is 8.35. The molecule has 31 heavy (non-hydrogen) atoms. The zero-order valence-corrected chi connectivity index (χ0v) is 19.7. The number of nitrogens with one attached hydrogen (secondary N) is 5. The second kappa shape index (κ2) is 11.2. The molecule has 1 amide bonds. The molecule has 2 saturated heterocycles. The first-order valence-electron chi connectivity index (χ1n) is 12.5. The van der Waals surface area contributed by atoms with E-state index < -0.39 is 0 Å². The number of guanidine groups is 1. The Labute approximate surface area is 192 Å². The predicted octanol–water partition coefficient (Wildman–Crippen LogP) is 1.43. The lowest BCUT2D eigenvalue weighted by Gasteiger charge is -2.41. The lowest BCUT2D eigenvalue weighted by molar-refractivity contribution is -0.127. The molecule has 8 heteroatoms. The van der Waals surface area contributed by atoms with Gasteiger partial charge >= 0.3 is 0 Å². The fourth-order valence-corrected chi connectivity index (χ4v) is 6.24. The van der Waals surface area contributed by atoms with Crippen LogP contribution in [0.3, 0.4) is 0 Å². The second-order valence-corrected chi connectivity index (χ2v) is 10.8. The largest absolute Gasteiger partial charge is 0.356 e. The number of carbonyl (C=O) groups is 1. The molecule has 1 saturated carbocycles. The number of halogens is 1. The summed E-state index contributed by atoms with van der Waals surface area (Å²) in [5.41, 5.74) is 0. The molecule has 7 unspecified atom stereocenters. The van der Waals surface area contributed by atoms with Crippen LogP contribution in [0.4, 0.5) is 0 Å². The van der Waals surface area contributed by atoms with Gasteiger partial charge in [-0.2, -0.15) is 0 Å². The average molecular weight is 453 g/mol. The molecule has 4 rings (SSSR count). The van der Waals surface area contributed by atoms with Gasteiger partial charge in [-0.1, -0.05) is 0 Å². The molecule has 0 aromatic heterocycles. The molecule has 7 atom stereocenters. The van der Waals surface area contributed by atoms with E-state index in [1.165, 1.54) is 19.3 Å². The normalized spacial score (nSPS) is 38.8. The average Bonchev–Trinajstić information content (AvgIpc) is 3.31. The molecule has 0 aromatic carbocycles. The van der Waals surface area contributed by atoms with Gasteiger partial charge < -0.3 is 26.6 Å². The van der Waals surface area contributed by atoms with Crippen molar-refractivity contribution in [1.82, 2.24) is 26.6 Å². The van der Waals surface area contributed by atoms with E-state index in [9.17, 15) is 4.79 Å². The molecule has 4 aliphatic rings. The molecule has 7 nitrogen and oxygen atoms in total. The lowest BCUT2D eigenvalue weighted by Crippen LogP contribution is -2.49. The van der Waals surface area contributed by atoms with Crippen LogP contribution in [-0.2, 0) is 4.79 Å². The summed E-state index contributed by atoms with van der Waals surface area (Å²) >= 11 is 6.19. The van der Waals surface area contributed by atoms with Gasteiger partial charge in [-0.3, -0.25) is 9.79 Å². The number of piperidine rings is 2. The molecular formula is C23H41ClN6O. The summed E-state index contributed by atoms with van der Waals surface area (Å²) in [7, 11) is 0. The summed E-state index contributed by atoms with van der Waals surface area (Å²) in [5.74, 6) is 3.21. The minimum atomic E-state index is 0.124. The van der Waals surface area contributed by atoms with Gasteiger partial charge in [0, 0.05) is 49.6 Å². The van der Waals surface area contributed by atoms with Crippen molar-refractivity contribution in [2.45, 2.75) is 69.3 Å². The number of hydrogen-bond acceptors (Lipinski definition) is 6. The number of nitrogens with zero attached hydrogens (tertiary/aromatic N) is 1. The van der Waals surface area contributed by atoms with Gasteiger partial charge in [-0.05, 0) is 76.2 Å². The lowest BCUT2D eigenvalue weighted by atomic mass is 9.67. The van der Waals surface area contributed by atoms with E-state index >= 15 is 0 Å². The van der Waals surface area contributed by atoms with Crippen molar-refractivity contribution >= 4 is 23.5 Å². The van der Waals surface area contributed by atoms with Gasteiger partial charge in [-0.25, -0.2) is 0 Å². The van der Waals surface area contributed by atoms with E-state index in [1.54, 1.807) is 0 Å². The number of hydrogen-bond donors (Lipinski definition) is 5. The molecule has 3 aliphatic heterocycles. The zero-order valence-electron chi connectivity index (χ0n) is 19.0. The van der Waals surface area contributed by atoms with E-state index in [-0.39, 0.29) is 17.2 Å². The summed E-state index contributed by atoms with van der Waals surface area (Å²) in [6.07, 6.45) is 7.79. The van der Waals surface area contributed by atoms with Gasteiger partial charge in [0.1, 0.15) is 0 Å². The smallest absolute Gasteiger partial charge is 0.223 e. The van der Waals surface area contributed by atoms with Crippen LogP contribution in [0.2, 0.25) is 0 Å². The Hall–Kier alpha value is -1.05. The first kappa shape index (κ1) is 23.1. The highest BCUT2D eigenvalue weighted by atomic mass is 35.5. The minimum absolute atomic E-state index is 0.124. The molecule has 0 bridgehead atoms. The van der Waals surface area contributed by atoms with E-state index in [1.807, 2.05) is 0 Å². The van der Waals surface area contributed by atoms with E-state index in [0.29, 0.717) is 23.9 Å². The Morgan fingerprint density at radius 2 is 1.97 bits per heavy atom. The Balaban J connectivity index is 1.33. The molecule has 1 aliphatic carbocycles. The maximum Gasteiger partial charge on any atom is 0.223 e. The number of aliphatic imine (C=N–C) groups is 1. The number of amides is 1. The molecule has 0 aromatic rings. The third-order valence-corrected chi connectivity index (χ3v) is 8.13. The van der Waals surface area contributed by atoms with Crippen LogP contribution >= 0.6 is 11.6 Å². The number of alkyl halides is 1. The third kappa shape index (κ3) is 6.72. The van der Waals surface area contributed by atoms with Gasteiger partial charge in [0.05, 0.1) is 6.54 Å². The summed E-state index contributed by atoms with van der Waals surface area (Å²) in [6.45, 7) is 7.65. The van der Waals surface area contributed by atoms with Gasteiger partial charge in [0.25, 0.3) is 0 Å². The molecular weight excluding hydrogens is 412 g/mol. The fourth-order valence-electron chi connectivity index (χ4n) is 6.03. The highest BCUT2D eigenvalue weighted by molar-refractivity contribution is 6.20. The molecule has 3 heterocycles. The summed E-state index contributed by atoms with van der Waals surface area (Å²) < 4.78 is 0. The minimum Gasteiger partial charge on any atom is -0.356 e. The van der Waals surface area contributed by atoms with Gasteiger partial charge in [0.15, 0.2) is 5.96 Å². The standard InChI is InChI=1S/C23H41ClN6O/c1-15-8-17(4-5-25-15)18-9-16(12-30-23-26-6-7-27-23)10-19(11-18)22(31)29-14-21-3-2-20(24)13-28-21/h15-21,25,28H,2-14H2,1H3,(H,29,31)(H2,26,27,30). The molecule has 176 valence electrons. The van der Waals surface area contributed by atoms with Crippen molar-refractivity contribution in [2.24, 2.45) is 28.7 Å². The van der Waals surface area contributed by atoms with Crippen molar-refractivity contribution in [3.05, 3.63) is 0 Å². The maximum absolute atomic E-state index is 13.2.